The van der Waals surface area contributed by atoms with Crippen molar-refractivity contribution in [2.45, 2.75) is 64.1 Å². The summed E-state index contributed by atoms with van der Waals surface area (Å²) in [5.74, 6) is 0. The van der Waals surface area contributed by atoms with Crippen molar-refractivity contribution < 1.29 is 9.53 Å². The molecule has 1 N–H and O–H groups in total. The van der Waals surface area contributed by atoms with Gasteiger partial charge < -0.3 is 10.1 Å². The fourth-order valence-corrected chi connectivity index (χ4v) is 3.96. The summed E-state index contributed by atoms with van der Waals surface area (Å²) in [5.41, 5.74) is 0.215. The second-order valence-electron chi connectivity index (χ2n) is 8.27. The molecule has 1 aromatic heterocycles. The number of nitrogens with zero attached hydrogens (tertiary/aromatic N) is 2. The number of hydrogen-bond donors (Lipinski definition) is 1. The largest absolute Gasteiger partial charge is 0.444 e. The molecule has 29 heavy (non-hydrogen) atoms. The maximum Gasteiger partial charge on any atom is 0.407 e. The van der Waals surface area contributed by atoms with E-state index < -0.39 is 11.7 Å². The first-order valence-electron chi connectivity index (χ1n) is 9.67. The van der Waals surface area contributed by atoms with Gasteiger partial charge in [0.15, 0.2) is 0 Å². The van der Waals surface area contributed by atoms with Gasteiger partial charge in [-0.3, -0.25) is 4.57 Å². The van der Waals surface area contributed by atoms with E-state index in [9.17, 15) is 9.59 Å². The molecule has 1 fully saturated rings. The van der Waals surface area contributed by atoms with Gasteiger partial charge in [0.05, 0.1) is 15.7 Å². The molecular formula is C21H25Cl2N3O3. The van der Waals surface area contributed by atoms with Gasteiger partial charge in [0.25, 0.3) is 0 Å². The molecule has 0 bridgehead atoms. The van der Waals surface area contributed by atoms with Crippen LogP contribution in [0.5, 0.6) is 0 Å². The lowest BCUT2D eigenvalue weighted by Gasteiger charge is -2.31. The van der Waals surface area contributed by atoms with E-state index in [0.29, 0.717) is 27.7 Å². The Morgan fingerprint density at radius 3 is 2.69 bits per heavy atom. The Morgan fingerprint density at radius 2 is 2.00 bits per heavy atom. The smallest absolute Gasteiger partial charge is 0.407 e. The number of hydrogen-bond acceptors (Lipinski definition) is 4. The van der Waals surface area contributed by atoms with Gasteiger partial charge in [0.2, 0.25) is 0 Å². The van der Waals surface area contributed by atoms with Crippen LogP contribution in [0.2, 0.25) is 10.0 Å². The zero-order valence-electron chi connectivity index (χ0n) is 16.7. The Kier molecular flexibility index (Phi) is 6.54. The third kappa shape index (κ3) is 5.52. The predicted molar refractivity (Wildman–Crippen MR) is 115 cm³/mol. The van der Waals surface area contributed by atoms with Gasteiger partial charge in [-0.15, -0.1) is 0 Å². The molecule has 1 aliphatic carbocycles. The first-order valence-corrected chi connectivity index (χ1v) is 10.4. The highest BCUT2D eigenvalue weighted by Crippen LogP contribution is 2.32. The molecule has 6 nitrogen and oxygen atoms in total. The normalized spacial score (nSPS) is 19.6. The summed E-state index contributed by atoms with van der Waals surface area (Å²) in [6.45, 7) is 5.49. The van der Waals surface area contributed by atoms with Crippen molar-refractivity contribution in [2.75, 3.05) is 0 Å². The number of rotatable bonds is 3. The second kappa shape index (κ2) is 8.76. The van der Waals surface area contributed by atoms with E-state index in [2.05, 4.69) is 10.3 Å². The summed E-state index contributed by atoms with van der Waals surface area (Å²) in [6, 6.07) is 6.93. The monoisotopic (exact) mass is 437 g/mol. The number of alkyl carbamates (subject to hydrolysis) is 1. The van der Waals surface area contributed by atoms with Crippen LogP contribution < -0.4 is 11.0 Å². The van der Waals surface area contributed by atoms with E-state index in [-0.39, 0.29) is 17.8 Å². The van der Waals surface area contributed by atoms with Crippen LogP contribution >= 0.6 is 23.2 Å². The van der Waals surface area contributed by atoms with Crippen LogP contribution in [0.4, 0.5) is 4.79 Å². The summed E-state index contributed by atoms with van der Waals surface area (Å²) in [7, 11) is 0. The lowest BCUT2D eigenvalue weighted by molar-refractivity contribution is 0.0485. The molecule has 0 saturated heterocycles. The molecule has 0 radical (unpaired) electrons. The highest BCUT2D eigenvalue weighted by Gasteiger charge is 2.27. The minimum absolute atomic E-state index is 0.0347. The van der Waals surface area contributed by atoms with Gasteiger partial charge in [-0.05, 0) is 58.6 Å². The van der Waals surface area contributed by atoms with E-state index in [0.717, 1.165) is 19.3 Å². The molecule has 0 spiro atoms. The molecule has 1 saturated carbocycles. The number of halogens is 2. The number of benzene rings is 1. The van der Waals surface area contributed by atoms with Crippen LogP contribution in [0.25, 0.3) is 11.3 Å². The third-order valence-electron chi connectivity index (χ3n) is 4.82. The maximum absolute atomic E-state index is 12.7. The fourth-order valence-electron chi connectivity index (χ4n) is 3.56. The standard InChI is InChI=1S/C21H25Cl2N3O3/c1-21(2,3)29-20(28)24-13-6-4-7-14(12-13)26-11-10-17(25-19(26)27)15-8-5-9-16(22)18(15)23/h5,8-11,13-14H,4,6-7,12H2,1-3H3,(H,24,28). The topological polar surface area (TPSA) is 73.2 Å². The van der Waals surface area contributed by atoms with Crippen LogP contribution in [0.1, 0.15) is 52.5 Å². The minimum atomic E-state index is -0.545. The zero-order valence-corrected chi connectivity index (χ0v) is 18.3. The van der Waals surface area contributed by atoms with Crippen molar-refractivity contribution in [1.82, 2.24) is 14.9 Å². The number of carbonyl (C=O) groups excluding carboxylic acids is 1. The molecule has 1 aromatic carbocycles. The minimum Gasteiger partial charge on any atom is -0.444 e. The van der Waals surface area contributed by atoms with E-state index in [1.54, 1.807) is 35.0 Å². The van der Waals surface area contributed by atoms with Crippen molar-refractivity contribution >= 4 is 29.3 Å². The van der Waals surface area contributed by atoms with Gasteiger partial charge in [-0.25, -0.2) is 9.59 Å². The molecule has 2 aromatic rings. The van der Waals surface area contributed by atoms with E-state index in [1.807, 2.05) is 20.8 Å². The molecule has 2 unspecified atom stereocenters. The van der Waals surface area contributed by atoms with Crippen LogP contribution in [0.3, 0.4) is 0 Å². The highest BCUT2D eigenvalue weighted by molar-refractivity contribution is 6.43. The molecule has 1 amide bonds. The summed E-state index contributed by atoms with van der Waals surface area (Å²) in [4.78, 5) is 29.0. The number of carbonyl (C=O) groups is 1. The fraction of sp³-hybridized carbons (Fsp3) is 0.476. The molecule has 0 aliphatic heterocycles. The van der Waals surface area contributed by atoms with Gasteiger partial charge >= 0.3 is 11.8 Å². The molecular weight excluding hydrogens is 413 g/mol. The third-order valence-corrected chi connectivity index (χ3v) is 5.64. The zero-order chi connectivity index (χ0) is 21.2. The Hall–Kier alpha value is -2.05. The van der Waals surface area contributed by atoms with Crippen LogP contribution in [0.15, 0.2) is 35.3 Å². The lowest BCUT2D eigenvalue weighted by atomic mass is 9.91. The molecule has 1 aliphatic rings. The van der Waals surface area contributed by atoms with Crippen LogP contribution in [-0.2, 0) is 4.74 Å². The van der Waals surface area contributed by atoms with Crippen molar-refractivity contribution in [3.63, 3.8) is 0 Å². The van der Waals surface area contributed by atoms with Gasteiger partial charge in [0, 0.05) is 23.8 Å². The number of aromatic nitrogens is 2. The predicted octanol–water partition coefficient (Wildman–Crippen LogP) is 5.23. The van der Waals surface area contributed by atoms with Crippen LogP contribution in [-0.4, -0.2) is 27.3 Å². The molecule has 1 heterocycles. The van der Waals surface area contributed by atoms with Crippen molar-refractivity contribution in [3.05, 3.63) is 51.0 Å². The van der Waals surface area contributed by atoms with Gasteiger partial charge in [-0.1, -0.05) is 35.3 Å². The van der Waals surface area contributed by atoms with Gasteiger partial charge in [-0.2, -0.15) is 4.98 Å². The number of amides is 1. The summed E-state index contributed by atoms with van der Waals surface area (Å²) >= 11 is 12.3. The maximum atomic E-state index is 12.7. The number of ether oxygens (including phenoxy) is 1. The van der Waals surface area contributed by atoms with Gasteiger partial charge in [0.1, 0.15) is 5.60 Å². The number of nitrogens with one attached hydrogen (secondary N) is 1. The van der Waals surface area contributed by atoms with Crippen molar-refractivity contribution in [2.24, 2.45) is 0 Å². The van der Waals surface area contributed by atoms with E-state index in [4.69, 9.17) is 27.9 Å². The average molecular weight is 438 g/mol. The highest BCUT2D eigenvalue weighted by atomic mass is 35.5. The first-order chi connectivity index (χ1) is 13.6. The summed E-state index contributed by atoms with van der Waals surface area (Å²) < 4.78 is 6.97. The molecule has 3 rings (SSSR count). The van der Waals surface area contributed by atoms with Crippen LogP contribution in [0, 0.1) is 0 Å². The Balaban J connectivity index is 1.74. The first kappa shape index (κ1) is 21.7. The SMILES string of the molecule is CC(C)(C)OC(=O)NC1CCCC(n2ccc(-c3cccc(Cl)c3Cl)nc2=O)C1. The summed E-state index contributed by atoms with van der Waals surface area (Å²) in [6.07, 6.45) is 4.57. The van der Waals surface area contributed by atoms with Crippen molar-refractivity contribution in [3.8, 4) is 11.3 Å². The second-order valence-corrected chi connectivity index (χ2v) is 9.05. The lowest BCUT2D eigenvalue weighted by Crippen LogP contribution is -2.42. The Morgan fingerprint density at radius 1 is 1.24 bits per heavy atom. The molecule has 8 heteroatoms. The Bertz CT molecular complexity index is 953. The quantitative estimate of drug-likeness (QED) is 0.713. The van der Waals surface area contributed by atoms with Crippen molar-refractivity contribution in [1.29, 1.82) is 0 Å². The Labute approximate surface area is 180 Å². The molecule has 2 atom stereocenters. The van der Waals surface area contributed by atoms with E-state index in [1.165, 1.54) is 0 Å². The average Bonchev–Trinajstić information content (AvgIpc) is 2.62. The summed E-state index contributed by atoms with van der Waals surface area (Å²) in [5, 5.41) is 3.70. The molecule has 156 valence electrons. The van der Waals surface area contributed by atoms with E-state index >= 15 is 0 Å².